The van der Waals surface area contributed by atoms with Crippen molar-refractivity contribution in [3.05, 3.63) is 34.3 Å². The van der Waals surface area contributed by atoms with Crippen molar-refractivity contribution in [2.45, 2.75) is 19.3 Å². The second kappa shape index (κ2) is 4.99. The molecule has 3 heteroatoms. The van der Waals surface area contributed by atoms with Crippen molar-refractivity contribution in [3.63, 3.8) is 0 Å². The third kappa shape index (κ3) is 2.63. The van der Waals surface area contributed by atoms with Gasteiger partial charge in [-0.05, 0) is 50.0 Å². The molecule has 2 nitrogen and oxygen atoms in total. The summed E-state index contributed by atoms with van der Waals surface area (Å²) in [6.45, 7) is 1.92. The zero-order chi connectivity index (χ0) is 11.4. The Bertz CT molecular complexity index is 385. The molecule has 0 aliphatic carbocycles. The van der Waals surface area contributed by atoms with Gasteiger partial charge in [0.25, 0.3) is 0 Å². The minimum Gasteiger partial charge on any atom is -0.317 e. The summed E-state index contributed by atoms with van der Waals surface area (Å²) in [5.74, 6) is 0. The van der Waals surface area contributed by atoms with Crippen LogP contribution in [-0.2, 0) is 6.42 Å². The first-order valence-corrected chi connectivity index (χ1v) is 6.40. The van der Waals surface area contributed by atoms with E-state index in [0.29, 0.717) is 0 Å². The third-order valence-corrected chi connectivity index (χ3v) is 3.78. The summed E-state index contributed by atoms with van der Waals surface area (Å²) in [6, 6.07) is 10.8. The van der Waals surface area contributed by atoms with E-state index in [1.165, 1.54) is 5.56 Å². The highest BCUT2D eigenvalue weighted by molar-refractivity contribution is 9.10. The van der Waals surface area contributed by atoms with Gasteiger partial charge in [-0.15, -0.1) is 0 Å². The van der Waals surface area contributed by atoms with Crippen LogP contribution in [0.25, 0.3) is 0 Å². The largest absolute Gasteiger partial charge is 0.317 e. The highest BCUT2D eigenvalue weighted by atomic mass is 79.9. The Morgan fingerprint density at radius 2 is 1.88 bits per heavy atom. The lowest BCUT2D eigenvalue weighted by molar-refractivity contribution is 0.280. The van der Waals surface area contributed by atoms with Crippen LogP contribution in [-0.4, -0.2) is 13.1 Å². The Kier molecular flexibility index (Phi) is 3.63. The van der Waals surface area contributed by atoms with Crippen LogP contribution in [0.1, 0.15) is 18.4 Å². The first-order chi connectivity index (χ1) is 7.74. The second-order valence-corrected chi connectivity index (χ2v) is 5.36. The summed E-state index contributed by atoms with van der Waals surface area (Å²) in [5.41, 5.74) is 1.10. The molecule has 16 heavy (non-hydrogen) atoms. The molecule has 84 valence electrons. The van der Waals surface area contributed by atoms with Crippen molar-refractivity contribution in [2.24, 2.45) is 5.41 Å². The lowest BCUT2D eigenvalue weighted by Crippen LogP contribution is -2.37. The average molecular weight is 279 g/mol. The van der Waals surface area contributed by atoms with E-state index < -0.39 is 0 Å². The summed E-state index contributed by atoms with van der Waals surface area (Å²) in [6.07, 6.45) is 2.79. The number of halogens is 1. The number of piperidine rings is 1. The monoisotopic (exact) mass is 278 g/mol. The summed E-state index contributed by atoms with van der Waals surface area (Å²) < 4.78 is 1.09. The van der Waals surface area contributed by atoms with E-state index in [-0.39, 0.29) is 5.41 Å². The molecule has 1 aliphatic heterocycles. The maximum atomic E-state index is 9.37. The number of benzene rings is 1. The van der Waals surface area contributed by atoms with Crippen LogP contribution < -0.4 is 5.32 Å². The first-order valence-electron chi connectivity index (χ1n) is 5.61. The van der Waals surface area contributed by atoms with Gasteiger partial charge in [0.05, 0.1) is 11.5 Å². The van der Waals surface area contributed by atoms with Gasteiger partial charge in [0, 0.05) is 4.47 Å². The van der Waals surface area contributed by atoms with Crippen molar-refractivity contribution in [2.75, 3.05) is 13.1 Å². The van der Waals surface area contributed by atoms with Gasteiger partial charge in [-0.25, -0.2) is 0 Å². The molecule has 0 bridgehead atoms. The quantitative estimate of drug-likeness (QED) is 0.903. The van der Waals surface area contributed by atoms with E-state index in [4.69, 9.17) is 0 Å². The molecule has 1 fully saturated rings. The van der Waals surface area contributed by atoms with Crippen LogP contribution >= 0.6 is 15.9 Å². The van der Waals surface area contributed by atoms with Crippen LogP contribution in [0.3, 0.4) is 0 Å². The van der Waals surface area contributed by atoms with E-state index in [2.05, 4.69) is 39.4 Å². The van der Waals surface area contributed by atoms with Crippen LogP contribution in [0.5, 0.6) is 0 Å². The summed E-state index contributed by atoms with van der Waals surface area (Å²) in [5, 5.41) is 12.7. The van der Waals surface area contributed by atoms with Gasteiger partial charge in [0.2, 0.25) is 0 Å². The SMILES string of the molecule is N#CC1(Cc2ccc(Br)cc2)CCNCC1. The summed E-state index contributed by atoms with van der Waals surface area (Å²) in [4.78, 5) is 0. The Morgan fingerprint density at radius 1 is 1.25 bits per heavy atom. The molecule has 1 heterocycles. The molecular formula is C13H15BrN2. The first kappa shape index (κ1) is 11.6. The van der Waals surface area contributed by atoms with E-state index in [1.807, 2.05) is 12.1 Å². The van der Waals surface area contributed by atoms with Gasteiger partial charge >= 0.3 is 0 Å². The fourth-order valence-electron chi connectivity index (χ4n) is 2.23. The molecule has 1 aromatic carbocycles. The fourth-order valence-corrected chi connectivity index (χ4v) is 2.49. The van der Waals surface area contributed by atoms with Gasteiger partial charge in [-0.1, -0.05) is 28.1 Å². The molecule has 0 unspecified atom stereocenters. The molecule has 0 saturated carbocycles. The molecule has 2 rings (SSSR count). The van der Waals surface area contributed by atoms with Gasteiger partial charge in [-0.3, -0.25) is 0 Å². The molecule has 1 N–H and O–H groups in total. The highest BCUT2D eigenvalue weighted by Gasteiger charge is 2.31. The van der Waals surface area contributed by atoms with Crippen molar-refractivity contribution < 1.29 is 0 Å². The minimum atomic E-state index is -0.154. The number of nitrogens with one attached hydrogen (secondary N) is 1. The topological polar surface area (TPSA) is 35.8 Å². The third-order valence-electron chi connectivity index (χ3n) is 3.25. The lowest BCUT2D eigenvalue weighted by atomic mass is 9.75. The summed E-state index contributed by atoms with van der Waals surface area (Å²) in [7, 11) is 0. The van der Waals surface area contributed by atoms with Gasteiger partial charge in [-0.2, -0.15) is 5.26 Å². The molecular weight excluding hydrogens is 264 g/mol. The Morgan fingerprint density at radius 3 is 2.44 bits per heavy atom. The Balaban J connectivity index is 2.12. The van der Waals surface area contributed by atoms with Crippen LogP contribution in [0.15, 0.2) is 28.7 Å². The smallest absolute Gasteiger partial charge is 0.0694 e. The van der Waals surface area contributed by atoms with E-state index in [0.717, 1.165) is 36.8 Å². The van der Waals surface area contributed by atoms with E-state index >= 15 is 0 Å². The van der Waals surface area contributed by atoms with E-state index in [9.17, 15) is 5.26 Å². The average Bonchev–Trinajstić information content (AvgIpc) is 2.33. The number of hydrogen-bond donors (Lipinski definition) is 1. The van der Waals surface area contributed by atoms with Crippen molar-refractivity contribution >= 4 is 15.9 Å². The molecule has 1 aliphatic rings. The van der Waals surface area contributed by atoms with Gasteiger partial charge in [0.15, 0.2) is 0 Å². The minimum absolute atomic E-state index is 0.154. The van der Waals surface area contributed by atoms with Crippen LogP contribution in [0.4, 0.5) is 0 Å². The predicted octanol–water partition coefficient (Wildman–Crippen LogP) is 2.88. The number of nitrogens with zero attached hydrogens (tertiary/aromatic N) is 1. The molecule has 1 saturated heterocycles. The maximum absolute atomic E-state index is 9.37. The Hall–Kier alpha value is -0.850. The molecule has 0 aromatic heterocycles. The molecule has 0 amide bonds. The van der Waals surface area contributed by atoms with Crippen LogP contribution in [0, 0.1) is 16.7 Å². The van der Waals surface area contributed by atoms with Crippen molar-refractivity contribution in [3.8, 4) is 6.07 Å². The highest BCUT2D eigenvalue weighted by Crippen LogP contribution is 2.32. The predicted molar refractivity (Wildman–Crippen MR) is 68.0 cm³/mol. The van der Waals surface area contributed by atoms with Gasteiger partial charge < -0.3 is 5.32 Å². The molecule has 1 aromatic rings. The molecule has 0 spiro atoms. The summed E-state index contributed by atoms with van der Waals surface area (Å²) >= 11 is 3.43. The standard InChI is InChI=1S/C13H15BrN2/c14-12-3-1-11(2-4-12)9-13(10-15)5-7-16-8-6-13/h1-4,16H,5-9H2. The molecule has 0 radical (unpaired) electrons. The van der Waals surface area contributed by atoms with Crippen molar-refractivity contribution in [1.29, 1.82) is 5.26 Å². The maximum Gasteiger partial charge on any atom is 0.0694 e. The normalized spacial score (nSPS) is 19.0. The van der Waals surface area contributed by atoms with Crippen molar-refractivity contribution in [1.82, 2.24) is 5.32 Å². The van der Waals surface area contributed by atoms with Crippen LogP contribution in [0.2, 0.25) is 0 Å². The zero-order valence-corrected chi connectivity index (χ0v) is 10.8. The number of hydrogen-bond acceptors (Lipinski definition) is 2. The van der Waals surface area contributed by atoms with Gasteiger partial charge in [0.1, 0.15) is 0 Å². The second-order valence-electron chi connectivity index (χ2n) is 4.45. The number of nitriles is 1. The fraction of sp³-hybridized carbons (Fsp3) is 0.462. The van der Waals surface area contributed by atoms with E-state index in [1.54, 1.807) is 0 Å². The Labute approximate surface area is 105 Å². The zero-order valence-electron chi connectivity index (χ0n) is 9.17. The molecule has 0 atom stereocenters. The number of rotatable bonds is 2. The lowest BCUT2D eigenvalue weighted by Gasteiger charge is -2.31.